The number of rotatable bonds is 3. The zero-order valence-electron chi connectivity index (χ0n) is 8.58. The Morgan fingerprint density at radius 3 is 2.62 bits per heavy atom. The van der Waals surface area contributed by atoms with Crippen LogP contribution in [0.4, 0.5) is 0 Å². The van der Waals surface area contributed by atoms with Crippen molar-refractivity contribution < 1.29 is 4.74 Å². The van der Waals surface area contributed by atoms with E-state index in [9.17, 15) is 0 Å². The minimum absolute atomic E-state index is 0.349. The van der Waals surface area contributed by atoms with Gasteiger partial charge in [0.25, 0.3) is 0 Å². The van der Waals surface area contributed by atoms with Gasteiger partial charge in [0, 0.05) is 13.2 Å². The van der Waals surface area contributed by atoms with E-state index in [4.69, 9.17) is 10.5 Å². The van der Waals surface area contributed by atoms with Crippen LogP contribution in [-0.4, -0.2) is 31.3 Å². The highest BCUT2D eigenvalue weighted by Crippen LogP contribution is 2.25. The highest BCUT2D eigenvalue weighted by atomic mass is 16.5. The fourth-order valence-corrected chi connectivity index (χ4v) is 1.37. The fourth-order valence-electron chi connectivity index (χ4n) is 1.37. The van der Waals surface area contributed by atoms with E-state index in [1.54, 1.807) is 7.11 Å². The topological polar surface area (TPSA) is 59.6 Å². The third-order valence-corrected chi connectivity index (χ3v) is 2.16. The molecule has 0 amide bonds. The largest absolute Gasteiger partial charge is 0.381 e. The van der Waals surface area contributed by atoms with E-state index in [0.29, 0.717) is 24.1 Å². The van der Waals surface area contributed by atoms with Crippen molar-refractivity contribution in [2.75, 3.05) is 7.11 Å². The molecule has 0 unspecified atom stereocenters. The number of nitrogens with one attached hydrogen (secondary N) is 1. The highest BCUT2D eigenvalue weighted by molar-refractivity contribution is 5.78. The molecule has 0 aromatic heterocycles. The fraction of sp³-hybridized carbons (Fsp3) is 0.889. The second-order valence-electron chi connectivity index (χ2n) is 3.80. The highest BCUT2D eigenvalue weighted by Gasteiger charge is 2.28. The first-order valence-electron chi connectivity index (χ1n) is 4.74. The summed E-state index contributed by atoms with van der Waals surface area (Å²) < 4.78 is 5.15. The van der Waals surface area contributed by atoms with Crippen molar-refractivity contribution in [3.05, 3.63) is 0 Å². The smallest absolute Gasteiger partial charge is 0.189 e. The predicted octanol–water partition coefficient (Wildman–Crippen LogP) is 0.476. The Hall–Kier alpha value is -0.770. The lowest BCUT2D eigenvalue weighted by Crippen LogP contribution is -2.41. The first-order chi connectivity index (χ1) is 6.11. The molecular formula is C9H19N3O. The van der Waals surface area contributed by atoms with Crippen molar-refractivity contribution in [2.24, 2.45) is 10.7 Å². The summed E-state index contributed by atoms with van der Waals surface area (Å²) in [6.07, 6.45) is 2.38. The van der Waals surface area contributed by atoms with Gasteiger partial charge in [0.15, 0.2) is 5.96 Å². The van der Waals surface area contributed by atoms with Crippen LogP contribution < -0.4 is 11.1 Å². The van der Waals surface area contributed by atoms with Crippen molar-refractivity contribution in [2.45, 2.75) is 44.9 Å². The van der Waals surface area contributed by atoms with Crippen LogP contribution in [0, 0.1) is 0 Å². The zero-order valence-corrected chi connectivity index (χ0v) is 8.58. The molecule has 1 rings (SSSR count). The quantitative estimate of drug-likeness (QED) is 0.496. The van der Waals surface area contributed by atoms with E-state index in [-0.39, 0.29) is 0 Å². The molecule has 0 heterocycles. The molecule has 0 aromatic rings. The molecule has 4 heteroatoms. The number of ether oxygens (including phenoxy) is 1. The van der Waals surface area contributed by atoms with Gasteiger partial charge in [-0.05, 0) is 26.7 Å². The average molecular weight is 185 g/mol. The molecule has 1 fully saturated rings. The molecule has 0 saturated heterocycles. The standard InChI is InChI=1S/C9H19N3O/c1-6(2)11-9(10)12-7-4-8(5-7)13-3/h6-8H,4-5H2,1-3H3,(H3,10,11,12). The molecule has 3 N–H and O–H groups in total. The van der Waals surface area contributed by atoms with Gasteiger partial charge in [-0.25, -0.2) is 4.99 Å². The van der Waals surface area contributed by atoms with Crippen LogP contribution in [0.1, 0.15) is 26.7 Å². The summed E-state index contributed by atoms with van der Waals surface area (Å²) in [5.41, 5.74) is 5.67. The molecule has 0 bridgehead atoms. The third-order valence-electron chi connectivity index (χ3n) is 2.16. The van der Waals surface area contributed by atoms with Crippen molar-refractivity contribution in [3.8, 4) is 0 Å². The summed E-state index contributed by atoms with van der Waals surface area (Å²) in [7, 11) is 1.74. The second kappa shape index (κ2) is 4.46. The molecule has 1 aliphatic rings. The van der Waals surface area contributed by atoms with Gasteiger partial charge >= 0.3 is 0 Å². The second-order valence-corrected chi connectivity index (χ2v) is 3.80. The summed E-state index contributed by atoms with van der Waals surface area (Å²) in [6.45, 7) is 4.09. The van der Waals surface area contributed by atoms with Crippen LogP contribution in [0.5, 0.6) is 0 Å². The molecule has 0 aromatic carbocycles. The van der Waals surface area contributed by atoms with Crippen molar-refractivity contribution >= 4 is 5.96 Å². The molecular weight excluding hydrogens is 166 g/mol. The van der Waals surface area contributed by atoms with E-state index in [1.807, 2.05) is 13.8 Å². The monoisotopic (exact) mass is 185 g/mol. The minimum Gasteiger partial charge on any atom is -0.381 e. The Balaban J connectivity index is 2.24. The maximum atomic E-state index is 5.67. The SMILES string of the molecule is COC1CC(N=C(N)NC(C)C)C1. The summed E-state index contributed by atoms with van der Waals surface area (Å²) in [5.74, 6) is 0.551. The zero-order chi connectivity index (χ0) is 9.84. The molecule has 0 spiro atoms. The predicted molar refractivity (Wildman–Crippen MR) is 53.7 cm³/mol. The number of nitrogens with zero attached hydrogens (tertiary/aromatic N) is 1. The summed E-state index contributed by atoms with van der Waals surface area (Å²) >= 11 is 0. The van der Waals surface area contributed by atoms with Crippen LogP contribution in [-0.2, 0) is 4.74 Å². The Morgan fingerprint density at radius 1 is 1.54 bits per heavy atom. The van der Waals surface area contributed by atoms with Crippen molar-refractivity contribution in [1.82, 2.24) is 5.32 Å². The van der Waals surface area contributed by atoms with Crippen LogP contribution >= 0.6 is 0 Å². The Bertz CT molecular complexity index is 185. The van der Waals surface area contributed by atoms with Gasteiger partial charge in [-0.3, -0.25) is 0 Å². The lowest BCUT2D eigenvalue weighted by atomic mass is 9.90. The van der Waals surface area contributed by atoms with E-state index in [1.165, 1.54) is 0 Å². The van der Waals surface area contributed by atoms with Crippen molar-refractivity contribution in [3.63, 3.8) is 0 Å². The Morgan fingerprint density at radius 2 is 2.15 bits per heavy atom. The molecule has 1 saturated carbocycles. The van der Waals surface area contributed by atoms with Gasteiger partial charge in [0.2, 0.25) is 0 Å². The summed E-state index contributed by atoms with van der Waals surface area (Å²) in [6, 6.07) is 0.707. The van der Waals surface area contributed by atoms with E-state index in [2.05, 4.69) is 10.3 Å². The van der Waals surface area contributed by atoms with Gasteiger partial charge in [-0.2, -0.15) is 0 Å². The van der Waals surface area contributed by atoms with Gasteiger partial charge in [0.05, 0.1) is 12.1 Å². The van der Waals surface area contributed by atoms with E-state index < -0.39 is 0 Å². The Labute approximate surface area is 79.6 Å². The van der Waals surface area contributed by atoms with Gasteiger partial charge in [-0.1, -0.05) is 0 Å². The summed E-state index contributed by atoms with van der Waals surface area (Å²) in [4.78, 5) is 4.32. The average Bonchev–Trinajstić information content (AvgIpc) is 1.94. The van der Waals surface area contributed by atoms with Gasteiger partial charge < -0.3 is 15.8 Å². The lowest BCUT2D eigenvalue weighted by Gasteiger charge is -2.31. The van der Waals surface area contributed by atoms with Crippen LogP contribution in [0.2, 0.25) is 0 Å². The van der Waals surface area contributed by atoms with E-state index in [0.717, 1.165) is 12.8 Å². The first-order valence-corrected chi connectivity index (χ1v) is 4.74. The van der Waals surface area contributed by atoms with Gasteiger partial charge in [-0.15, -0.1) is 0 Å². The molecule has 13 heavy (non-hydrogen) atoms. The number of nitrogens with two attached hydrogens (primary N) is 1. The molecule has 0 atom stereocenters. The third kappa shape index (κ3) is 3.22. The molecule has 4 nitrogen and oxygen atoms in total. The molecule has 0 aliphatic heterocycles. The van der Waals surface area contributed by atoms with E-state index >= 15 is 0 Å². The minimum atomic E-state index is 0.349. The number of hydrogen-bond donors (Lipinski definition) is 2. The molecule has 1 aliphatic carbocycles. The maximum absolute atomic E-state index is 5.67. The van der Waals surface area contributed by atoms with Crippen LogP contribution in [0.25, 0.3) is 0 Å². The number of guanidine groups is 1. The van der Waals surface area contributed by atoms with Gasteiger partial charge in [0.1, 0.15) is 0 Å². The maximum Gasteiger partial charge on any atom is 0.189 e. The molecule has 76 valence electrons. The van der Waals surface area contributed by atoms with Crippen LogP contribution in [0.3, 0.4) is 0 Å². The number of hydrogen-bond acceptors (Lipinski definition) is 2. The van der Waals surface area contributed by atoms with Crippen LogP contribution in [0.15, 0.2) is 4.99 Å². The molecule has 0 radical (unpaired) electrons. The van der Waals surface area contributed by atoms with Crippen molar-refractivity contribution in [1.29, 1.82) is 0 Å². The number of methoxy groups -OCH3 is 1. The number of aliphatic imine (C=N–C) groups is 1. The normalized spacial score (nSPS) is 28.8. The summed E-state index contributed by atoms with van der Waals surface area (Å²) in [5, 5.41) is 3.06. The Kier molecular flexibility index (Phi) is 3.54. The lowest BCUT2D eigenvalue weighted by molar-refractivity contribution is 0.0284. The first kappa shape index (κ1) is 10.3.